The number of phenolic OH excluding ortho intramolecular Hbond substituents is 1. The first-order valence-corrected chi connectivity index (χ1v) is 9.08. The zero-order chi connectivity index (χ0) is 15.1. The Kier molecular flexibility index (Phi) is 3.70. The van der Waals surface area contributed by atoms with Crippen molar-refractivity contribution in [2.45, 2.75) is 51.4 Å². The van der Waals surface area contributed by atoms with E-state index in [9.17, 15) is 5.11 Å². The highest BCUT2D eigenvalue weighted by Crippen LogP contribution is 2.41. The summed E-state index contributed by atoms with van der Waals surface area (Å²) in [6.07, 6.45) is 9.67. The third-order valence-corrected chi connectivity index (χ3v) is 5.81. The van der Waals surface area contributed by atoms with E-state index in [0.717, 1.165) is 24.8 Å². The van der Waals surface area contributed by atoms with Crippen LogP contribution in [0.3, 0.4) is 0 Å². The molecule has 2 aromatic rings. The Morgan fingerprint density at radius 3 is 1.91 bits per heavy atom. The molecule has 0 bridgehead atoms. The van der Waals surface area contributed by atoms with Crippen molar-refractivity contribution in [1.82, 2.24) is 0 Å². The van der Waals surface area contributed by atoms with Gasteiger partial charge in [-0.05, 0) is 90.6 Å². The van der Waals surface area contributed by atoms with Crippen LogP contribution in [0, 0.1) is 0 Å². The molecule has 0 fully saturated rings. The molecular formula is C20H23OP. The van der Waals surface area contributed by atoms with Crippen LogP contribution in [-0.2, 0) is 25.7 Å². The summed E-state index contributed by atoms with van der Waals surface area (Å²) in [5, 5.41) is 11.9. The van der Waals surface area contributed by atoms with Gasteiger partial charge in [0, 0.05) is 5.56 Å². The average molecular weight is 310 g/mol. The van der Waals surface area contributed by atoms with Gasteiger partial charge in [0.2, 0.25) is 0 Å². The Bertz CT molecular complexity index is 669. The molecule has 0 aromatic heterocycles. The highest BCUT2D eigenvalue weighted by Gasteiger charge is 2.23. The Balaban J connectivity index is 2.00. The molecule has 22 heavy (non-hydrogen) atoms. The van der Waals surface area contributed by atoms with Gasteiger partial charge in [0.1, 0.15) is 5.75 Å². The topological polar surface area (TPSA) is 20.2 Å². The zero-order valence-electron chi connectivity index (χ0n) is 13.0. The van der Waals surface area contributed by atoms with Gasteiger partial charge < -0.3 is 5.11 Å². The van der Waals surface area contributed by atoms with Gasteiger partial charge in [-0.15, -0.1) is 9.24 Å². The summed E-state index contributed by atoms with van der Waals surface area (Å²) in [6.45, 7) is 0. The van der Waals surface area contributed by atoms with Gasteiger partial charge >= 0.3 is 0 Å². The fraction of sp³-hybridized carbons (Fsp3) is 0.400. The minimum Gasteiger partial charge on any atom is -0.507 e. The van der Waals surface area contributed by atoms with Gasteiger partial charge in [0.05, 0.1) is 0 Å². The van der Waals surface area contributed by atoms with Gasteiger partial charge in [-0.25, -0.2) is 0 Å². The Hall–Kier alpha value is -1.33. The zero-order valence-corrected chi connectivity index (χ0v) is 14.1. The molecule has 0 spiro atoms. The van der Waals surface area contributed by atoms with E-state index in [0.29, 0.717) is 5.75 Å². The van der Waals surface area contributed by atoms with E-state index < -0.39 is 0 Å². The third kappa shape index (κ3) is 2.27. The van der Waals surface area contributed by atoms with Crippen LogP contribution < -0.4 is 5.30 Å². The fourth-order valence-corrected chi connectivity index (χ4v) is 4.65. The average Bonchev–Trinajstić information content (AvgIpc) is 2.56. The van der Waals surface area contributed by atoms with Crippen molar-refractivity contribution in [3.63, 3.8) is 0 Å². The maximum atomic E-state index is 10.6. The summed E-state index contributed by atoms with van der Waals surface area (Å²) in [5.41, 5.74) is 8.23. The first-order valence-electron chi connectivity index (χ1n) is 8.50. The molecule has 1 N–H and O–H groups in total. The van der Waals surface area contributed by atoms with Crippen LogP contribution in [0.15, 0.2) is 24.3 Å². The maximum absolute atomic E-state index is 10.6. The minimum absolute atomic E-state index is 0.461. The van der Waals surface area contributed by atoms with Crippen LogP contribution in [0.4, 0.5) is 0 Å². The summed E-state index contributed by atoms with van der Waals surface area (Å²) in [5.74, 6) is 0.461. The van der Waals surface area contributed by atoms with Gasteiger partial charge in [-0.1, -0.05) is 18.2 Å². The van der Waals surface area contributed by atoms with Gasteiger partial charge in [-0.3, -0.25) is 0 Å². The third-order valence-electron chi connectivity index (χ3n) is 5.33. The number of hydrogen-bond acceptors (Lipinski definition) is 1. The SMILES string of the molecule is Oc1ccc2c(c1-c1c(P)ccc3c1CCCC3)CCCC2. The molecule has 4 rings (SSSR count). The largest absolute Gasteiger partial charge is 0.507 e. The number of aryl methyl sites for hydroxylation is 2. The lowest BCUT2D eigenvalue weighted by atomic mass is 9.80. The van der Waals surface area contributed by atoms with Crippen LogP contribution >= 0.6 is 9.24 Å². The first-order chi connectivity index (χ1) is 10.8. The number of hydrogen-bond donors (Lipinski definition) is 1. The van der Waals surface area contributed by atoms with E-state index >= 15 is 0 Å². The van der Waals surface area contributed by atoms with Crippen molar-refractivity contribution in [2.75, 3.05) is 0 Å². The number of rotatable bonds is 1. The summed E-state index contributed by atoms with van der Waals surface area (Å²) in [6, 6.07) is 8.54. The predicted octanol–water partition coefficient (Wildman–Crippen LogP) is 4.32. The molecule has 0 amide bonds. The molecule has 2 aliphatic rings. The summed E-state index contributed by atoms with van der Waals surface area (Å²) in [7, 11) is 2.89. The fourth-order valence-electron chi connectivity index (χ4n) is 4.24. The van der Waals surface area contributed by atoms with E-state index in [1.54, 1.807) is 0 Å². The van der Waals surface area contributed by atoms with Gasteiger partial charge in [-0.2, -0.15) is 0 Å². The van der Waals surface area contributed by atoms with Crippen molar-refractivity contribution in [3.8, 4) is 16.9 Å². The molecule has 0 aliphatic heterocycles. The van der Waals surface area contributed by atoms with Crippen LogP contribution in [0.5, 0.6) is 5.75 Å². The van der Waals surface area contributed by atoms with E-state index in [4.69, 9.17) is 0 Å². The number of fused-ring (bicyclic) bond motifs is 2. The van der Waals surface area contributed by atoms with Crippen molar-refractivity contribution in [3.05, 3.63) is 46.5 Å². The van der Waals surface area contributed by atoms with Crippen molar-refractivity contribution in [1.29, 1.82) is 0 Å². The normalized spacial score (nSPS) is 17.0. The second kappa shape index (κ2) is 5.70. The maximum Gasteiger partial charge on any atom is 0.123 e. The summed E-state index contributed by atoms with van der Waals surface area (Å²) < 4.78 is 0. The predicted molar refractivity (Wildman–Crippen MR) is 96.2 cm³/mol. The Morgan fingerprint density at radius 2 is 1.23 bits per heavy atom. The highest BCUT2D eigenvalue weighted by atomic mass is 31.0. The molecule has 1 unspecified atom stereocenters. The summed E-state index contributed by atoms with van der Waals surface area (Å²) in [4.78, 5) is 0. The first kappa shape index (κ1) is 14.3. The number of aromatic hydroxyl groups is 1. The lowest BCUT2D eigenvalue weighted by molar-refractivity contribution is 0.475. The molecule has 0 radical (unpaired) electrons. The summed E-state index contributed by atoms with van der Waals surface area (Å²) >= 11 is 0. The van der Waals surface area contributed by atoms with Crippen LogP contribution in [-0.4, -0.2) is 5.11 Å². The Morgan fingerprint density at radius 1 is 0.682 bits per heavy atom. The van der Waals surface area contributed by atoms with Crippen LogP contribution in [0.25, 0.3) is 11.1 Å². The molecule has 2 aromatic carbocycles. The van der Waals surface area contributed by atoms with E-state index in [1.165, 1.54) is 65.2 Å². The van der Waals surface area contributed by atoms with Crippen molar-refractivity contribution in [2.24, 2.45) is 0 Å². The second-order valence-electron chi connectivity index (χ2n) is 6.68. The second-order valence-corrected chi connectivity index (χ2v) is 7.30. The molecular weight excluding hydrogens is 287 g/mol. The number of benzene rings is 2. The molecule has 2 heteroatoms. The minimum atomic E-state index is 0.461. The van der Waals surface area contributed by atoms with Crippen molar-refractivity contribution < 1.29 is 5.11 Å². The standard InChI is InChI=1S/C20H23OP/c21-17-11-9-13-5-1-3-7-15(13)19(17)20-16-8-4-2-6-14(16)10-12-18(20)22/h9-12,21H,1-8,22H2. The molecule has 2 aliphatic carbocycles. The van der Waals surface area contributed by atoms with Crippen molar-refractivity contribution >= 4 is 14.5 Å². The molecule has 1 atom stereocenters. The van der Waals surface area contributed by atoms with E-state index in [2.05, 4.69) is 27.4 Å². The van der Waals surface area contributed by atoms with Crippen LogP contribution in [0.1, 0.15) is 47.9 Å². The van der Waals surface area contributed by atoms with Gasteiger partial charge in [0.15, 0.2) is 0 Å². The highest BCUT2D eigenvalue weighted by molar-refractivity contribution is 7.28. The quantitative estimate of drug-likeness (QED) is 0.778. The molecule has 114 valence electrons. The smallest absolute Gasteiger partial charge is 0.123 e. The molecule has 0 saturated heterocycles. The monoisotopic (exact) mass is 310 g/mol. The Labute approximate surface area is 135 Å². The molecule has 1 nitrogen and oxygen atoms in total. The van der Waals surface area contributed by atoms with Gasteiger partial charge in [0.25, 0.3) is 0 Å². The molecule has 0 saturated carbocycles. The van der Waals surface area contributed by atoms with Crippen LogP contribution in [0.2, 0.25) is 0 Å². The number of phenols is 1. The van der Waals surface area contributed by atoms with E-state index in [1.807, 2.05) is 6.07 Å². The lowest BCUT2D eigenvalue weighted by Crippen LogP contribution is -2.13. The lowest BCUT2D eigenvalue weighted by Gasteiger charge is -2.26. The molecule has 0 heterocycles. The van der Waals surface area contributed by atoms with E-state index in [-0.39, 0.29) is 0 Å².